The summed E-state index contributed by atoms with van der Waals surface area (Å²) in [6, 6.07) is 11.5. The van der Waals surface area contributed by atoms with E-state index in [9.17, 15) is 4.79 Å². The molecule has 4 rings (SSSR count). The first-order valence-corrected chi connectivity index (χ1v) is 8.86. The highest BCUT2D eigenvalue weighted by atomic mass is 79.9. The number of benzene rings is 1. The van der Waals surface area contributed by atoms with Gasteiger partial charge in [0.1, 0.15) is 5.82 Å². The maximum Gasteiger partial charge on any atom is 0.279 e. The lowest BCUT2D eigenvalue weighted by atomic mass is 10.2. The van der Waals surface area contributed by atoms with Crippen LogP contribution in [0.4, 0.5) is 5.82 Å². The van der Waals surface area contributed by atoms with Gasteiger partial charge >= 0.3 is 0 Å². The molecule has 0 radical (unpaired) electrons. The maximum absolute atomic E-state index is 12.7. The number of halogens is 1. The summed E-state index contributed by atoms with van der Waals surface area (Å²) in [5.41, 5.74) is 3.17. The Balaban J connectivity index is 1.66. The first-order chi connectivity index (χ1) is 12.1. The molecule has 1 aromatic carbocycles. The van der Waals surface area contributed by atoms with Gasteiger partial charge in [0.25, 0.3) is 5.91 Å². The first-order valence-electron chi connectivity index (χ1n) is 8.07. The predicted molar refractivity (Wildman–Crippen MR) is 98.0 cm³/mol. The van der Waals surface area contributed by atoms with Gasteiger partial charge in [0, 0.05) is 16.6 Å². The van der Waals surface area contributed by atoms with Gasteiger partial charge in [-0.2, -0.15) is 0 Å². The zero-order valence-corrected chi connectivity index (χ0v) is 15.2. The zero-order valence-electron chi connectivity index (χ0n) is 13.6. The molecular formula is C18H16BrN5O. The van der Waals surface area contributed by atoms with E-state index >= 15 is 0 Å². The molecule has 1 aliphatic carbocycles. The van der Waals surface area contributed by atoms with Crippen molar-refractivity contribution in [3.05, 3.63) is 64.0 Å². The third-order valence-electron chi connectivity index (χ3n) is 4.11. The van der Waals surface area contributed by atoms with Crippen molar-refractivity contribution < 1.29 is 4.79 Å². The molecule has 1 saturated carbocycles. The summed E-state index contributed by atoms with van der Waals surface area (Å²) in [4.78, 5) is 16.9. The number of anilines is 1. The van der Waals surface area contributed by atoms with Crippen molar-refractivity contribution in [2.75, 3.05) is 5.32 Å². The number of aromatic nitrogens is 4. The largest absolute Gasteiger partial charge is 0.305 e. The van der Waals surface area contributed by atoms with Gasteiger partial charge in [0.2, 0.25) is 0 Å². The topological polar surface area (TPSA) is 72.7 Å². The molecule has 1 N–H and O–H groups in total. The standard InChI is InChI=1S/C18H16BrN5O/c1-11-2-9-15(20-10-11)21-18(25)16-17(12-3-4-12)24(23-22-16)14-7-5-13(19)6-8-14/h2,5-10,12H,3-4H2,1H3,(H,20,21,25). The van der Waals surface area contributed by atoms with E-state index in [0.717, 1.165) is 34.3 Å². The molecule has 0 unspecified atom stereocenters. The lowest BCUT2D eigenvalue weighted by Crippen LogP contribution is -2.16. The third-order valence-corrected chi connectivity index (χ3v) is 4.64. The van der Waals surface area contributed by atoms with Gasteiger partial charge in [-0.25, -0.2) is 9.67 Å². The Hall–Kier alpha value is -2.54. The van der Waals surface area contributed by atoms with Crippen LogP contribution >= 0.6 is 15.9 Å². The number of pyridine rings is 1. The second kappa shape index (κ2) is 6.40. The number of nitrogens with one attached hydrogen (secondary N) is 1. The van der Waals surface area contributed by atoms with Crippen LogP contribution in [0.15, 0.2) is 47.1 Å². The molecule has 3 aromatic rings. The molecule has 1 fully saturated rings. The van der Waals surface area contributed by atoms with Crippen LogP contribution in [0.3, 0.4) is 0 Å². The van der Waals surface area contributed by atoms with Gasteiger partial charge in [-0.3, -0.25) is 4.79 Å². The van der Waals surface area contributed by atoms with Crippen LogP contribution in [0.1, 0.15) is 40.5 Å². The fourth-order valence-electron chi connectivity index (χ4n) is 2.66. The van der Waals surface area contributed by atoms with E-state index in [4.69, 9.17) is 0 Å². The number of aryl methyl sites for hydroxylation is 1. The van der Waals surface area contributed by atoms with Gasteiger partial charge in [-0.15, -0.1) is 5.10 Å². The highest BCUT2D eigenvalue weighted by molar-refractivity contribution is 9.10. The van der Waals surface area contributed by atoms with E-state index < -0.39 is 0 Å². The molecule has 7 heteroatoms. The SMILES string of the molecule is Cc1ccc(NC(=O)c2nnn(-c3ccc(Br)cc3)c2C2CC2)nc1. The number of carbonyl (C=O) groups excluding carboxylic acids is 1. The van der Waals surface area contributed by atoms with Gasteiger partial charge in [0.05, 0.1) is 11.4 Å². The van der Waals surface area contributed by atoms with E-state index in [1.54, 1.807) is 16.9 Å². The van der Waals surface area contributed by atoms with Crippen LogP contribution in [-0.2, 0) is 0 Å². The highest BCUT2D eigenvalue weighted by Crippen LogP contribution is 2.42. The summed E-state index contributed by atoms with van der Waals surface area (Å²) in [6.07, 6.45) is 3.82. The van der Waals surface area contributed by atoms with Crippen molar-refractivity contribution >= 4 is 27.7 Å². The Kier molecular flexibility index (Phi) is 4.09. The third kappa shape index (κ3) is 3.32. The van der Waals surface area contributed by atoms with Crippen molar-refractivity contribution in [2.24, 2.45) is 0 Å². The van der Waals surface area contributed by atoms with Crippen molar-refractivity contribution in [3.63, 3.8) is 0 Å². The summed E-state index contributed by atoms with van der Waals surface area (Å²) >= 11 is 3.43. The molecule has 0 spiro atoms. The summed E-state index contributed by atoms with van der Waals surface area (Å²) < 4.78 is 2.76. The maximum atomic E-state index is 12.7. The minimum absolute atomic E-state index is 0.276. The zero-order chi connectivity index (χ0) is 17.4. The number of nitrogens with zero attached hydrogens (tertiary/aromatic N) is 4. The second-order valence-corrected chi connectivity index (χ2v) is 7.08. The predicted octanol–water partition coefficient (Wildman–Crippen LogP) is 3.86. The van der Waals surface area contributed by atoms with E-state index in [-0.39, 0.29) is 5.91 Å². The van der Waals surface area contributed by atoms with Crippen molar-refractivity contribution in [2.45, 2.75) is 25.7 Å². The average molecular weight is 398 g/mol. The molecule has 0 atom stereocenters. The van der Waals surface area contributed by atoms with E-state index in [0.29, 0.717) is 17.4 Å². The molecule has 0 saturated heterocycles. The molecule has 0 bridgehead atoms. The molecule has 0 aliphatic heterocycles. The monoisotopic (exact) mass is 397 g/mol. The average Bonchev–Trinajstić information content (AvgIpc) is 3.36. The molecule has 126 valence electrons. The lowest BCUT2D eigenvalue weighted by Gasteiger charge is -2.08. The number of rotatable bonds is 4. The summed E-state index contributed by atoms with van der Waals surface area (Å²) in [6.45, 7) is 1.95. The lowest BCUT2D eigenvalue weighted by molar-refractivity contribution is 0.102. The van der Waals surface area contributed by atoms with Crippen molar-refractivity contribution in [3.8, 4) is 5.69 Å². The fraction of sp³-hybridized carbons (Fsp3) is 0.222. The Morgan fingerprint density at radius 2 is 1.96 bits per heavy atom. The fourth-order valence-corrected chi connectivity index (χ4v) is 2.93. The molecule has 1 amide bonds. The van der Waals surface area contributed by atoms with Crippen molar-refractivity contribution in [1.29, 1.82) is 0 Å². The number of carbonyl (C=O) groups is 1. The number of amides is 1. The minimum atomic E-state index is -0.276. The van der Waals surface area contributed by atoms with Crippen LogP contribution in [0.5, 0.6) is 0 Å². The molecule has 2 heterocycles. The van der Waals surface area contributed by atoms with E-state index in [2.05, 4.69) is 36.5 Å². The Morgan fingerprint density at radius 3 is 2.60 bits per heavy atom. The Labute approximate surface area is 153 Å². The number of hydrogen-bond donors (Lipinski definition) is 1. The van der Waals surface area contributed by atoms with Crippen LogP contribution < -0.4 is 5.32 Å². The molecule has 6 nitrogen and oxygen atoms in total. The molecular weight excluding hydrogens is 382 g/mol. The quantitative estimate of drug-likeness (QED) is 0.725. The molecule has 1 aliphatic rings. The normalized spacial score (nSPS) is 13.7. The Morgan fingerprint density at radius 1 is 1.20 bits per heavy atom. The van der Waals surface area contributed by atoms with Crippen molar-refractivity contribution in [1.82, 2.24) is 20.0 Å². The van der Waals surface area contributed by atoms with Crippen LogP contribution in [0.2, 0.25) is 0 Å². The Bertz CT molecular complexity index is 914. The van der Waals surface area contributed by atoms with Crippen LogP contribution in [0, 0.1) is 6.92 Å². The van der Waals surface area contributed by atoms with E-state index in [1.807, 2.05) is 37.3 Å². The van der Waals surface area contributed by atoms with Gasteiger partial charge < -0.3 is 5.32 Å². The number of hydrogen-bond acceptors (Lipinski definition) is 4. The molecule has 25 heavy (non-hydrogen) atoms. The van der Waals surface area contributed by atoms with E-state index in [1.165, 1.54) is 0 Å². The van der Waals surface area contributed by atoms with Crippen LogP contribution in [0.25, 0.3) is 5.69 Å². The van der Waals surface area contributed by atoms with Gasteiger partial charge in [-0.1, -0.05) is 27.2 Å². The second-order valence-electron chi connectivity index (χ2n) is 6.16. The van der Waals surface area contributed by atoms with Gasteiger partial charge in [-0.05, 0) is 55.7 Å². The molecule has 2 aromatic heterocycles. The summed E-state index contributed by atoms with van der Waals surface area (Å²) in [5, 5.41) is 11.2. The minimum Gasteiger partial charge on any atom is -0.305 e. The first kappa shape index (κ1) is 16.0. The summed E-state index contributed by atoms with van der Waals surface area (Å²) in [5.74, 6) is 0.558. The highest BCUT2D eigenvalue weighted by Gasteiger charge is 2.34. The summed E-state index contributed by atoms with van der Waals surface area (Å²) in [7, 11) is 0. The smallest absolute Gasteiger partial charge is 0.279 e. The van der Waals surface area contributed by atoms with Crippen LogP contribution in [-0.4, -0.2) is 25.9 Å². The van der Waals surface area contributed by atoms with Gasteiger partial charge in [0.15, 0.2) is 5.69 Å².